The number of carbonyl (C=O) groups is 2. The van der Waals surface area contributed by atoms with E-state index in [-0.39, 0.29) is 28.1 Å². The van der Waals surface area contributed by atoms with Gasteiger partial charge in [-0.1, -0.05) is 41.6 Å². The lowest BCUT2D eigenvalue weighted by atomic mass is 10.2. The van der Waals surface area contributed by atoms with E-state index in [1.54, 1.807) is 18.2 Å². The summed E-state index contributed by atoms with van der Waals surface area (Å²) < 4.78 is 15.2. The van der Waals surface area contributed by atoms with Gasteiger partial charge in [0, 0.05) is 16.9 Å². The molecule has 10 heteroatoms. The van der Waals surface area contributed by atoms with Crippen LogP contribution in [0.1, 0.15) is 10.4 Å². The Balaban J connectivity index is 1.54. The van der Waals surface area contributed by atoms with Gasteiger partial charge in [-0.05, 0) is 54.6 Å². The predicted octanol–water partition coefficient (Wildman–Crippen LogP) is 4.56. The molecule has 166 valence electrons. The topological polar surface area (TPSA) is 103 Å². The van der Waals surface area contributed by atoms with Crippen molar-refractivity contribution in [1.82, 2.24) is 14.8 Å². The number of benzene rings is 3. The van der Waals surface area contributed by atoms with E-state index in [9.17, 15) is 14.0 Å². The molecule has 33 heavy (non-hydrogen) atoms. The Morgan fingerprint density at radius 1 is 1.03 bits per heavy atom. The average Bonchev–Trinajstić information content (AvgIpc) is 3.22. The first-order valence-corrected chi connectivity index (χ1v) is 11.1. The molecule has 1 heterocycles. The van der Waals surface area contributed by atoms with Gasteiger partial charge in [-0.25, -0.2) is 4.39 Å². The Labute approximate surface area is 197 Å². The predicted molar refractivity (Wildman–Crippen MR) is 126 cm³/mol. The molecule has 7 nitrogen and oxygen atoms in total. The zero-order chi connectivity index (χ0) is 23.4. The van der Waals surface area contributed by atoms with Gasteiger partial charge in [-0.2, -0.15) is 0 Å². The number of hydrogen-bond donors (Lipinski definition) is 2. The van der Waals surface area contributed by atoms with Crippen LogP contribution in [0.2, 0.25) is 5.02 Å². The van der Waals surface area contributed by atoms with Gasteiger partial charge in [0.15, 0.2) is 11.0 Å². The standard InChI is InChI=1S/C23H17ClFN5O2S/c24-19-12-16(10-11-18(19)21(26)32)27-20(31)13-33-23-29-28-22(14-6-8-15(25)9-7-14)30(23)17-4-2-1-3-5-17/h1-12H,13H2,(H2,26,32)(H,27,31). The highest BCUT2D eigenvalue weighted by molar-refractivity contribution is 7.99. The van der Waals surface area contributed by atoms with Gasteiger partial charge in [-0.3, -0.25) is 14.2 Å². The average molecular weight is 482 g/mol. The minimum atomic E-state index is -0.648. The SMILES string of the molecule is NC(=O)c1ccc(NC(=O)CSc2nnc(-c3ccc(F)cc3)n2-c2ccccc2)cc1Cl. The quantitative estimate of drug-likeness (QED) is 0.377. The number of nitrogens with one attached hydrogen (secondary N) is 1. The van der Waals surface area contributed by atoms with E-state index in [0.717, 1.165) is 5.69 Å². The molecule has 0 saturated heterocycles. The van der Waals surface area contributed by atoms with Gasteiger partial charge in [0.1, 0.15) is 5.82 Å². The van der Waals surface area contributed by atoms with Crippen molar-refractivity contribution in [3.8, 4) is 17.1 Å². The van der Waals surface area contributed by atoms with Crippen LogP contribution in [0.5, 0.6) is 0 Å². The third-order valence-corrected chi connectivity index (χ3v) is 5.84. The van der Waals surface area contributed by atoms with Gasteiger partial charge in [0.25, 0.3) is 0 Å². The van der Waals surface area contributed by atoms with Gasteiger partial charge >= 0.3 is 0 Å². The van der Waals surface area contributed by atoms with Crippen molar-refractivity contribution in [1.29, 1.82) is 0 Å². The van der Waals surface area contributed by atoms with Crippen molar-refractivity contribution < 1.29 is 14.0 Å². The van der Waals surface area contributed by atoms with Crippen LogP contribution in [0, 0.1) is 5.82 Å². The van der Waals surface area contributed by atoms with Gasteiger partial charge in [0.2, 0.25) is 11.8 Å². The summed E-state index contributed by atoms with van der Waals surface area (Å²) in [6.45, 7) is 0. The first-order chi connectivity index (χ1) is 15.9. The Bertz CT molecular complexity index is 1310. The zero-order valence-corrected chi connectivity index (χ0v) is 18.6. The summed E-state index contributed by atoms with van der Waals surface area (Å²) in [4.78, 5) is 23.8. The molecule has 3 aromatic carbocycles. The number of para-hydroxylation sites is 1. The van der Waals surface area contributed by atoms with E-state index in [2.05, 4.69) is 15.5 Å². The van der Waals surface area contributed by atoms with Crippen LogP contribution < -0.4 is 11.1 Å². The van der Waals surface area contributed by atoms with Crippen molar-refractivity contribution >= 4 is 40.9 Å². The number of carbonyl (C=O) groups excluding carboxylic acids is 2. The summed E-state index contributed by atoms with van der Waals surface area (Å²) in [5, 5.41) is 11.9. The molecule has 0 aliphatic heterocycles. The maximum atomic E-state index is 13.4. The van der Waals surface area contributed by atoms with Crippen LogP contribution in [0.3, 0.4) is 0 Å². The van der Waals surface area contributed by atoms with Crippen molar-refractivity contribution in [3.05, 3.63) is 89.2 Å². The maximum absolute atomic E-state index is 13.4. The van der Waals surface area contributed by atoms with Crippen molar-refractivity contribution in [3.63, 3.8) is 0 Å². The number of nitrogens with zero attached hydrogens (tertiary/aromatic N) is 3. The number of thioether (sulfide) groups is 1. The van der Waals surface area contributed by atoms with Crippen LogP contribution in [0.4, 0.5) is 10.1 Å². The van der Waals surface area contributed by atoms with Gasteiger partial charge in [0.05, 0.1) is 16.3 Å². The summed E-state index contributed by atoms with van der Waals surface area (Å²) in [6, 6.07) is 19.9. The molecule has 0 aliphatic rings. The second kappa shape index (κ2) is 9.85. The molecule has 1 aromatic heterocycles. The maximum Gasteiger partial charge on any atom is 0.250 e. The molecule has 0 radical (unpaired) electrons. The van der Waals surface area contributed by atoms with Crippen LogP contribution in [-0.2, 0) is 4.79 Å². The monoisotopic (exact) mass is 481 g/mol. The summed E-state index contributed by atoms with van der Waals surface area (Å²) >= 11 is 7.23. The second-order valence-electron chi connectivity index (χ2n) is 6.88. The largest absolute Gasteiger partial charge is 0.366 e. The fraction of sp³-hybridized carbons (Fsp3) is 0.0435. The first-order valence-electron chi connectivity index (χ1n) is 9.71. The highest BCUT2D eigenvalue weighted by Gasteiger charge is 2.17. The number of hydrogen-bond acceptors (Lipinski definition) is 5. The highest BCUT2D eigenvalue weighted by Crippen LogP contribution is 2.28. The van der Waals surface area contributed by atoms with Crippen LogP contribution in [0.15, 0.2) is 78.0 Å². The summed E-state index contributed by atoms with van der Waals surface area (Å²) in [6.07, 6.45) is 0. The highest BCUT2D eigenvalue weighted by atomic mass is 35.5. The fourth-order valence-corrected chi connectivity index (χ4v) is 4.10. The minimum absolute atomic E-state index is 0.0452. The van der Waals surface area contributed by atoms with Crippen LogP contribution >= 0.6 is 23.4 Å². The van der Waals surface area contributed by atoms with E-state index in [1.807, 2.05) is 34.9 Å². The van der Waals surface area contributed by atoms with E-state index < -0.39 is 5.91 Å². The molecular weight excluding hydrogens is 465 g/mol. The summed E-state index contributed by atoms with van der Waals surface area (Å²) in [7, 11) is 0. The van der Waals surface area contributed by atoms with Gasteiger partial charge in [-0.15, -0.1) is 10.2 Å². The molecule has 0 saturated carbocycles. The Hall–Kier alpha value is -3.69. The van der Waals surface area contributed by atoms with E-state index in [4.69, 9.17) is 17.3 Å². The molecular formula is C23H17ClFN5O2S. The number of amides is 2. The van der Waals surface area contributed by atoms with E-state index in [1.165, 1.54) is 36.0 Å². The lowest BCUT2D eigenvalue weighted by molar-refractivity contribution is -0.113. The first kappa shape index (κ1) is 22.5. The second-order valence-corrected chi connectivity index (χ2v) is 8.23. The number of primary amides is 1. The number of rotatable bonds is 7. The van der Waals surface area contributed by atoms with E-state index >= 15 is 0 Å². The number of anilines is 1. The van der Waals surface area contributed by atoms with Gasteiger partial charge < -0.3 is 11.1 Å². The van der Waals surface area contributed by atoms with Crippen LogP contribution in [-0.4, -0.2) is 32.3 Å². The normalized spacial score (nSPS) is 10.7. The number of aromatic nitrogens is 3. The number of nitrogens with two attached hydrogens (primary N) is 1. The van der Waals surface area contributed by atoms with Crippen LogP contribution in [0.25, 0.3) is 17.1 Å². The molecule has 0 atom stereocenters. The molecule has 0 aliphatic carbocycles. The third-order valence-electron chi connectivity index (χ3n) is 4.60. The molecule has 0 fully saturated rings. The number of halogens is 2. The summed E-state index contributed by atoms with van der Waals surface area (Å²) in [5.74, 6) is -0.721. The lowest BCUT2D eigenvalue weighted by Gasteiger charge is -2.11. The zero-order valence-electron chi connectivity index (χ0n) is 17.0. The third kappa shape index (κ3) is 5.21. The Morgan fingerprint density at radius 3 is 2.42 bits per heavy atom. The molecule has 4 rings (SSSR count). The molecule has 4 aromatic rings. The molecule has 0 bridgehead atoms. The Morgan fingerprint density at radius 2 is 1.76 bits per heavy atom. The molecule has 0 unspecified atom stereocenters. The minimum Gasteiger partial charge on any atom is -0.366 e. The Kier molecular flexibility index (Phi) is 6.71. The molecule has 2 amide bonds. The summed E-state index contributed by atoms with van der Waals surface area (Å²) in [5.41, 5.74) is 7.35. The molecule has 3 N–H and O–H groups in total. The lowest BCUT2D eigenvalue weighted by Crippen LogP contribution is -2.15. The van der Waals surface area contributed by atoms with E-state index in [0.29, 0.717) is 22.2 Å². The molecule has 0 spiro atoms. The smallest absolute Gasteiger partial charge is 0.250 e. The van der Waals surface area contributed by atoms with Crippen molar-refractivity contribution in [2.75, 3.05) is 11.1 Å². The fourth-order valence-electron chi connectivity index (χ4n) is 3.08. The van der Waals surface area contributed by atoms with Crippen molar-refractivity contribution in [2.24, 2.45) is 5.73 Å². The van der Waals surface area contributed by atoms with Crippen molar-refractivity contribution in [2.45, 2.75) is 5.16 Å².